The van der Waals surface area contributed by atoms with Crippen LogP contribution in [0.4, 0.5) is 5.69 Å². The highest BCUT2D eigenvalue weighted by atomic mass is 16.2. The molecule has 0 bridgehead atoms. The van der Waals surface area contributed by atoms with Crippen LogP contribution in [0, 0.1) is 5.92 Å². The molecule has 2 N–H and O–H groups in total. The minimum atomic E-state index is -0.291. The first-order valence-corrected chi connectivity index (χ1v) is 7.83. The standard InChI is InChI=1S/C19H21N3O2/c1-14(2)18(23)21-17-10-8-16(9-11-17)19(24)22-20-13-12-15-6-4-3-5-7-15/h3-11,13-14H,12H2,1-2H3,(H,21,23)(H,22,24)/b20-13+. The number of carbonyl (C=O) groups excluding carboxylic acids is 2. The van der Waals surface area contributed by atoms with Gasteiger partial charge in [0.15, 0.2) is 0 Å². The van der Waals surface area contributed by atoms with Crippen molar-refractivity contribution in [3.05, 3.63) is 65.7 Å². The van der Waals surface area contributed by atoms with Crippen LogP contribution in [0.3, 0.4) is 0 Å². The van der Waals surface area contributed by atoms with Gasteiger partial charge in [0.25, 0.3) is 5.91 Å². The second kappa shape index (κ2) is 8.62. The van der Waals surface area contributed by atoms with E-state index in [1.807, 2.05) is 44.2 Å². The third-order valence-corrected chi connectivity index (χ3v) is 3.37. The number of benzene rings is 2. The fraction of sp³-hybridized carbons (Fsp3) is 0.211. The number of hydrazone groups is 1. The van der Waals surface area contributed by atoms with Gasteiger partial charge in [-0.3, -0.25) is 9.59 Å². The van der Waals surface area contributed by atoms with Crippen LogP contribution in [0.5, 0.6) is 0 Å². The van der Waals surface area contributed by atoms with Crippen LogP contribution in [-0.2, 0) is 11.2 Å². The summed E-state index contributed by atoms with van der Waals surface area (Å²) in [4.78, 5) is 23.6. The van der Waals surface area contributed by atoms with Gasteiger partial charge < -0.3 is 5.32 Å². The van der Waals surface area contributed by atoms with Crippen LogP contribution in [0.15, 0.2) is 59.7 Å². The number of amides is 2. The van der Waals surface area contributed by atoms with Gasteiger partial charge in [0.1, 0.15) is 0 Å². The molecule has 0 radical (unpaired) electrons. The van der Waals surface area contributed by atoms with Gasteiger partial charge >= 0.3 is 0 Å². The molecular formula is C19H21N3O2. The Bertz CT molecular complexity index is 707. The molecule has 0 fully saturated rings. The molecule has 0 aliphatic heterocycles. The van der Waals surface area contributed by atoms with E-state index in [0.29, 0.717) is 17.7 Å². The lowest BCUT2D eigenvalue weighted by Crippen LogP contribution is -2.19. The van der Waals surface area contributed by atoms with E-state index in [-0.39, 0.29) is 17.7 Å². The van der Waals surface area contributed by atoms with Gasteiger partial charge in [0.2, 0.25) is 5.91 Å². The molecule has 2 aromatic rings. The summed E-state index contributed by atoms with van der Waals surface area (Å²) in [6.07, 6.45) is 2.31. The maximum Gasteiger partial charge on any atom is 0.271 e. The molecule has 2 aromatic carbocycles. The highest BCUT2D eigenvalue weighted by molar-refractivity contribution is 5.96. The summed E-state index contributed by atoms with van der Waals surface area (Å²) in [5.74, 6) is -0.439. The lowest BCUT2D eigenvalue weighted by Gasteiger charge is -2.08. The molecule has 124 valence electrons. The van der Waals surface area contributed by atoms with E-state index in [0.717, 1.165) is 5.56 Å². The molecule has 0 aliphatic rings. The summed E-state index contributed by atoms with van der Waals surface area (Å²) in [5, 5.41) is 6.72. The van der Waals surface area contributed by atoms with Crippen molar-refractivity contribution in [3.8, 4) is 0 Å². The van der Waals surface area contributed by atoms with Gasteiger partial charge in [-0.25, -0.2) is 5.43 Å². The summed E-state index contributed by atoms with van der Waals surface area (Å²) < 4.78 is 0. The Balaban J connectivity index is 1.85. The molecule has 2 amide bonds. The molecule has 0 aromatic heterocycles. The number of hydrogen-bond acceptors (Lipinski definition) is 3. The molecule has 0 saturated carbocycles. The van der Waals surface area contributed by atoms with Gasteiger partial charge in [0.05, 0.1) is 0 Å². The molecule has 0 aliphatic carbocycles. The van der Waals surface area contributed by atoms with Gasteiger partial charge in [-0.05, 0) is 29.8 Å². The zero-order chi connectivity index (χ0) is 17.4. The van der Waals surface area contributed by atoms with E-state index in [9.17, 15) is 9.59 Å². The van der Waals surface area contributed by atoms with Gasteiger partial charge in [-0.2, -0.15) is 5.10 Å². The zero-order valence-electron chi connectivity index (χ0n) is 13.8. The SMILES string of the molecule is CC(C)C(=O)Nc1ccc(C(=O)N/N=C/Cc2ccccc2)cc1. The maximum atomic E-state index is 12.0. The molecule has 0 heterocycles. The van der Waals surface area contributed by atoms with E-state index >= 15 is 0 Å². The molecule has 0 unspecified atom stereocenters. The zero-order valence-corrected chi connectivity index (χ0v) is 13.8. The number of nitrogens with one attached hydrogen (secondary N) is 2. The molecule has 24 heavy (non-hydrogen) atoms. The van der Waals surface area contributed by atoms with Gasteiger partial charge in [-0.1, -0.05) is 44.2 Å². The topological polar surface area (TPSA) is 70.6 Å². The Morgan fingerprint density at radius 3 is 2.33 bits per heavy atom. The van der Waals surface area contributed by atoms with Crippen molar-refractivity contribution in [1.29, 1.82) is 0 Å². The maximum absolute atomic E-state index is 12.0. The van der Waals surface area contributed by atoms with Crippen LogP contribution in [0.25, 0.3) is 0 Å². The number of hydrogen-bond donors (Lipinski definition) is 2. The molecule has 0 saturated heterocycles. The quantitative estimate of drug-likeness (QED) is 0.633. The Labute approximate surface area is 141 Å². The lowest BCUT2D eigenvalue weighted by atomic mass is 10.1. The van der Waals surface area contributed by atoms with Gasteiger partial charge in [-0.15, -0.1) is 0 Å². The minimum absolute atomic E-state index is 0.0577. The van der Waals surface area contributed by atoms with Crippen molar-refractivity contribution < 1.29 is 9.59 Å². The number of anilines is 1. The molecular weight excluding hydrogens is 302 g/mol. The predicted octanol–water partition coefficient (Wildman–Crippen LogP) is 3.24. The van der Waals surface area contributed by atoms with Crippen LogP contribution in [-0.4, -0.2) is 18.0 Å². The minimum Gasteiger partial charge on any atom is -0.326 e. The molecule has 5 nitrogen and oxygen atoms in total. The summed E-state index contributed by atoms with van der Waals surface area (Å²) in [5.41, 5.74) is 4.76. The summed E-state index contributed by atoms with van der Waals surface area (Å²) in [6, 6.07) is 16.6. The second-order valence-electron chi connectivity index (χ2n) is 5.66. The first-order valence-electron chi connectivity index (χ1n) is 7.83. The largest absolute Gasteiger partial charge is 0.326 e. The van der Waals surface area contributed by atoms with Crippen LogP contribution in [0.2, 0.25) is 0 Å². The predicted molar refractivity (Wildman–Crippen MR) is 96.0 cm³/mol. The number of rotatable bonds is 6. The second-order valence-corrected chi connectivity index (χ2v) is 5.66. The van der Waals surface area contributed by atoms with Crippen molar-refractivity contribution in [2.45, 2.75) is 20.3 Å². The monoisotopic (exact) mass is 323 g/mol. The summed E-state index contributed by atoms with van der Waals surface area (Å²) >= 11 is 0. The Morgan fingerprint density at radius 1 is 1.04 bits per heavy atom. The van der Waals surface area contributed by atoms with Crippen LogP contribution >= 0.6 is 0 Å². The third kappa shape index (κ3) is 5.35. The van der Waals surface area contributed by atoms with E-state index in [4.69, 9.17) is 0 Å². The normalized spacial score (nSPS) is 10.8. The fourth-order valence-corrected chi connectivity index (χ4v) is 1.93. The van der Waals surface area contributed by atoms with Gasteiger partial charge in [0, 0.05) is 29.8 Å². The Hall–Kier alpha value is -2.95. The average Bonchev–Trinajstić information content (AvgIpc) is 2.60. The van der Waals surface area contributed by atoms with Crippen molar-refractivity contribution >= 4 is 23.7 Å². The molecule has 2 rings (SSSR count). The van der Waals surface area contributed by atoms with Crippen molar-refractivity contribution in [3.63, 3.8) is 0 Å². The third-order valence-electron chi connectivity index (χ3n) is 3.37. The van der Waals surface area contributed by atoms with Crippen molar-refractivity contribution in [1.82, 2.24) is 5.43 Å². The van der Waals surface area contributed by atoms with E-state index < -0.39 is 0 Å². The fourth-order valence-electron chi connectivity index (χ4n) is 1.93. The van der Waals surface area contributed by atoms with Crippen molar-refractivity contribution in [2.75, 3.05) is 5.32 Å². The first-order chi connectivity index (χ1) is 11.6. The number of carbonyl (C=O) groups is 2. The highest BCUT2D eigenvalue weighted by Gasteiger charge is 2.08. The first kappa shape index (κ1) is 17.4. The van der Waals surface area contributed by atoms with Crippen LogP contribution in [0.1, 0.15) is 29.8 Å². The molecule has 5 heteroatoms. The summed E-state index contributed by atoms with van der Waals surface area (Å²) in [7, 11) is 0. The highest BCUT2D eigenvalue weighted by Crippen LogP contribution is 2.11. The van der Waals surface area contributed by atoms with E-state index in [1.54, 1.807) is 30.5 Å². The lowest BCUT2D eigenvalue weighted by molar-refractivity contribution is -0.118. The Kier molecular flexibility index (Phi) is 6.25. The number of nitrogens with zero attached hydrogens (tertiary/aromatic N) is 1. The smallest absolute Gasteiger partial charge is 0.271 e. The van der Waals surface area contributed by atoms with Crippen molar-refractivity contribution in [2.24, 2.45) is 11.0 Å². The Morgan fingerprint density at radius 2 is 1.71 bits per heavy atom. The molecule has 0 atom stereocenters. The molecule has 0 spiro atoms. The van der Waals surface area contributed by atoms with E-state index in [1.165, 1.54) is 0 Å². The average molecular weight is 323 g/mol. The van der Waals surface area contributed by atoms with Crippen LogP contribution < -0.4 is 10.7 Å². The summed E-state index contributed by atoms with van der Waals surface area (Å²) in [6.45, 7) is 3.65. The van der Waals surface area contributed by atoms with E-state index in [2.05, 4.69) is 15.8 Å².